The van der Waals surface area contributed by atoms with Gasteiger partial charge >= 0.3 is 0 Å². The zero-order valence-corrected chi connectivity index (χ0v) is 15.6. The Morgan fingerprint density at radius 1 is 1.04 bits per heavy atom. The molecule has 0 fully saturated rings. The molecule has 2 N–H and O–H groups in total. The molecule has 5 nitrogen and oxygen atoms in total. The molecule has 7 heteroatoms. The van der Waals surface area contributed by atoms with Gasteiger partial charge in [0.25, 0.3) is 0 Å². The Bertz CT molecular complexity index is 738. The van der Waals surface area contributed by atoms with Crippen LogP contribution in [0.25, 0.3) is 0 Å². The van der Waals surface area contributed by atoms with Gasteiger partial charge < -0.3 is 20.1 Å². The molecule has 0 aliphatic heterocycles. The van der Waals surface area contributed by atoms with Crippen LogP contribution in [0.1, 0.15) is 12.0 Å². The van der Waals surface area contributed by atoms with Gasteiger partial charge in [0.15, 0.2) is 11.5 Å². The summed E-state index contributed by atoms with van der Waals surface area (Å²) in [5, 5.41) is 6.93. The Kier molecular flexibility index (Phi) is 7.37. The minimum Gasteiger partial charge on any atom is -0.493 e. The zero-order valence-electron chi connectivity index (χ0n) is 14.1. The van der Waals surface area contributed by atoms with Gasteiger partial charge in [0, 0.05) is 24.5 Å². The Morgan fingerprint density at radius 2 is 1.80 bits per heavy atom. The predicted octanol–water partition coefficient (Wildman–Crippen LogP) is 4.13. The van der Waals surface area contributed by atoms with Crippen molar-refractivity contribution in [3.8, 4) is 11.5 Å². The molecular formula is C18H20Cl2N2O3. The van der Waals surface area contributed by atoms with E-state index in [-0.39, 0.29) is 5.91 Å². The highest BCUT2D eigenvalue weighted by atomic mass is 35.5. The van der Waals surface area contributed by atoms with Crippen LogP contribution in [-0.4, -0.2) is 26.7 Å². The number of benzene rings is 2. The van der Waals surface area contributed by atoms with Crippen molar-refractivity contribution in [2.45, 2.75) is 13.0 Å². The average molecular weight is 383 g/mol. The molecule has 0 saturated heterocycles. The summed E-state index contributed by atoms with van der Waals surface area (Å²) in [7, 11) is 3.20. The second-order valence-corrected chi connectivity index (χ2v) is 6.13. The summed E-state index contributed by atoms with van der Waals surface area (Å²) in [5.41, 5.74) is 1.59. The summed E-state index contributed by atoms with van der Waals surface area (Å²) in [4.78, 5) is 12.0. The van der Waals surface area contributed by atoms with Crippen molar-refractivity contribution in [2.75, 3.05) is 26.1 Å². The van der Waals surface area contributed by atoms with E-state index in [1.54, 1.807) is 32.4 Å². The standard InChI is InChI=1S/C18H20Cl2N2O3/c1-24-16-6-3-12(9-17(16)25-2)11-21-8-7-18(23)22-15-5-4-13(19)10-14(15)20/h3-6,9-10,21H,7-8,11H2,1-2H3,(H,22,23). The molecule has 0 radical (unpaired) electrons. The fourth-order valence-corrected chi connectivity index (χ4v) is 2.68. The van der Waals surface area contributed by atoms with Gasteiger partial charge in [-0.05, 0) is 35.9 Å². The highest BCUT2D eigenvalue weighted by Crippen LogP contribution is 2.27. The van der Waals surface area contributed by atoms with Crippen LogP contribution >= 0.6 is 23.2 Å². The average Bonchev–Trinajstić information content (AvgIpc) is 2.61. The third-order valence-electron chi connectivity index (χ3n) is 3.51. The molecule has 0 aliphatic rings. The highest BCUT2D eigenvalue weighted by Gasteiger charge is 2.07. The third kappa shape index (κ3) is 5.81. The molecule has 0 saturated carbocycles. The number of amides is 1. The highest BCUT2D eigenvalue weighted by molar-refractivity contribution is 6.36. The van der Waals surface area contributed by atoms with E-state index in [0.717, 1.165) is 5.56 Å². The number of hydrogen-bond acceptors (Lipinski definition) is 4. The summed E-state index contributed by atoms with van der Waals surface area (Å²) >= 11 is 11.9. The molecule has 134 valence electrons. The van der Waals surface area contributed by atoms with Gasteiger partial charge in [-0.15, -0.1) is 0 Å². The molecule has 0 atom stereocenters. The van der Waals surface area contributed by atoms with E-state index in [4.69, 9.17) is 32.7 Å². The van der Waals surface area contributed by atoms with E-state index in [0.29, 0.717) is 46.7 Å². The maximum atomic E-state index is 12.0. The number of ether oxygens (including phenoxy) is 2. The Labute approximate surface area is 157 Å². The van der Waals surface area contributed by atoms with Crippen molar-refractivity contribution in [1.82, 2.24) is 5.32 Å². The lowest BCUT2D eigenvalue weighted by molar-refractivity contribution is -0.116. The number of rotatable bonds is 8. The van der Waals surface area contributed by atoms with Crippen molar-refractivity contribution in [3.63, 3.8) is 0 Å². The molecule has 0 unspecified atom stereocenters. The monoisotopic (exact) mass is 382 g/mol. The van der Waals surface area contributed by atoms with Gasteiger partial charge in [0.1, 0.15) is 0 Å². The predicted molar refractivity (Wildman–Crippen MR) is 101 cm³/mol. The first-order valence-electron chi connectivity index (χ1n) is 7.70. The second-order valence-electron chi connectivity index (χ2n) is 5.29. The second kappa shape index (κ2) is 9.51. The van der Waals surface area contributed by atoms with Crippen LogP contribution in [0, 0.1) is 0 Å². The largest absolute Gasteiger partial charge is 0.493 e. The fourth-order valence-electron chi connectivity index (χ4n) is 2.23. The minimum absolute atomic E-state index is 0.121. The van der Waals surface area contributed by atoms with Crippen molar-refractivity contribution in [1.29, 1.82) is 0 Å². The maximum absolute atomic E-state index is 12.0. The normalized spacial score (nSPS) is 10.4. The molecule has 0 aromatic heterocycles. The van der Waals surface area contributed by atoms with Crippen LogP contribution in [0.4, 0.5) is 5.69 Å². The van der Waals surface area contributed by atoms with Crippen LogP contribution in [-0.2, 0) is 11.3 Å². The first kappa shape index (κ1) is 19.4. The molecule has 0 heterocycles. The van der Waals surface area contributed by atoms with Crippen LogP contribution in [0.15, 0.2) is 36.4 Å². The zero-order chi connectivity index (χ0) is 18.2. The van der Waals surface area contributed by atoms with Gasteiger partial charge in [0.05, 0.1) is 24.9 Å². The Balaban J connectivity index is 1.78. The number of carbonyl (C=O) groups excluding carboxylic acids is 1. The number of anilines is 1. The molecule has 2 aromatic rings. The number of methoxy groups -OCH3 is 2. The van der Waals surface area contributed by atoms with Crippen molar-refractivity contribution in [3.05, 3.63) is 52.0 Å². The summed E-state index contributed by atoms with van der Waals surface area (Å²) in [6, 6.07) is 10.7. The van der Waals surface area contributed by atoms with Crippen LogP contribution in [0.2, 0.25) is 10.0 Å². The number of hydrogen-bond donors (Lipinski definition) is 2. The topological polar surface area (TPSA) is 59.6 Å². The molecular weight excluding hydrogens is 363 g/mol. The van der Waals surface area contributed by atoms with E-state index >= 15 is 0 Å². The number of carbonyl (C=O) groups is 1. The van der Waals surface area contributed by atoms with Gasteiger partial charge in [-0.25, -0.2) is 0 Å². The molecule has 0 spiro atoms. The van der Waals surface area contributed by atoms with Gasteiger partial charge in [0.2, 0.25) is 5.91 Å². The molecule has 0 aliphatic carbocycles. The van der Waals surface area contributed by atoms with Crippen molar-refractivity contribution < 1.29 is 14.3 Å². The fraction of sp³-hybridized carbons (Fsp3) is 0.278. The first-order valence-corrected chi connectivity index (χ1v) is 8.45. The van der Waals surface area contributed by atoms with Crippen molar-refractivity contribution >= 4 is 34.8 Å². The smallest absolute Gasteiger partial charge is 0.225 e. The van der Waals surface area contributed by atoms with Crippen molar-refractivity contribution in [2.24, 2.45) is 0 Å². The number of nitrogens with one attached hydrogen (secondary N) is 2. The molecule has 1 amide bonds. The van der Waals surface area contributed by atoms with Gasteiger partial charge in [-0.2, -0.15) is 0 Å². The van der Waals surface area contributed by atoms with Crippen LogP contribution in [0.5, 0.6) is 11.5 Å². The summed E-state index contributed by atoms with van der Waals surface area (Å²) in [6.07, 6.45) is 0.326. The van der Waals surface area contributed by atoms with Gasteiger partial charge in [-0.1, -0.05) is 29.3 Å². The van der Waals surface area contributed by atoms with Crippen LogP contribution < -0.4 is 20.1 Å². The lowest BCUT2D eigenvalue weighted by Gasteiger charge is -2.11. The quantitative estimate of drug-likeness (QED) is 0.673. The summed E-state index contributed by atoms with van der Waals surface area (Å²) < 4.78 is 10.5. The van der Waals surface area contributed by atoms with Gasteiger partial charge in [-0.3, -0.25) is 4.79 Å². The molecule has 25 heavy (non-hydrogen) atoms. The first-order chi connectivity index (χ1) is 12.0. The molecule has 2 rings (SSSR count). The van der Waals surface area contributed by atoms with E-state index in [1.807, 2.05) is 18.2 Å². The molecule has 0 bridgehead atoms. The Morgan fingerprint density at radius 3 is 2.48 bits per heavy atom. The SMILES string of the molecule is COc1ccc(CNCCC(=O)Nc2ccc(Cl)cc2Cl)cc1OC. The van der Waals surface area contributed by atoms with E-state index < -0.39 is 0 Å². The lowest BCUT2D eigenvalue weighted by atomic mass is 10.2. The van der Waals surface area contributed by atoms with E-state index in [9.17, 15) is 4.79 Å². The third-order valence-corrected chi connectivity index (χ3v) is 4.06. The van der Waals surface area contributed by atoms with Crippen LogP contribution in [0.3, 0.4) is 0 Å². The summed E-state index contributed by atoms with van der Waals surface area (Å²) in [5.74, 6) is 1.24. The maximum Gasteiger partial charge on any atom is 0.225 e. The Hall–Kier alpha value is -1.95. The lowest BCUT2D eigenvalue weighted by Crippen LogP contribution is -2.21. The number of halogens is 2. The molecule has 2 aromatic carbocycles. The minimum atomic E-state index is -0.121. The summed E-state index contributed by atoms with van der Waals surface area (Å²) in [6.45, 7) is 1.15. The van der Waals surface area contributed by atoms with E-state index in [2.05, 4.69) is 10.6 Å². The van der Waals surface area contributed by atoms with E-state index in [1.165, 1.54) is 0 Å².